The number of benzene rings is 1. The van der Waals surface area contributed by atoms with Crippen LogP contribution >= 0.6 is 27.7 Å². The topological polar surface area (TPSA) is 23.8 Å². The molecule has 0 radical (unpaired) electrons. The van der Waals surface area contributed by atoms with Crippen LogP contribution in [0, 0.1) is 11.3 Å². The third kappa shape index (κ3) is 3.06. The minimum absolute atomic E-state index is 0.0544. The summed E-state index contributed by atoms with van der Waals surface area (Å²) in [5.41, 5.74) is 0. The third-order valence-corrected chi connectivity index (χ3v) is 3.91. The fourth-order valence-electron chi connectivity index (χ4n) is 0.895. The van der Waals surface area contributed by atoms with Crippen LogP contribution < -0.4 is 0 Å². The van der Waals surface area contributed by atoms with Crippen molar-refractivity contribution in [1.82, 2.24) is 0 Å². The average molecular weight is 256 g/mol. The molecule has 0 heterocycles. The summed E-state index contributed by atoms with van der Waals surface area (Å²) in [7, 11) is 0. The van der Waals surface area contributed by atoms with E-state index in [2.05, 4.69) is 22.0 Å². The molecule has 0 aliphatic rings. The van der Waals surface area contributed by atoms with Gasteiger partial charge in [0.2, 0.25) is 0 Å². The van der Waals surface area contributed by atoms with Gasteiger partial charge in [0, 0.05) is 9.37 Å². The van der Waals surface area contributed by atoms with Crippen LogP contribution in [-0.2, 0) is 0 Å². The molecule has 1 unspecified atom stereocenters. The summed E-state index contributed by atoms with van der Waals surface area (Å²) in [6.07, 6.45) is 0.877. The van der Waals surface area contributed by atoms with Crippen molar-refractivity contribution >= 4 is 27.7 Å². The maximum atomic E-state index is 8.79. The van der Waals surface area contributed by atoms with Crippen molar-refractivity contribution in [3.05, 3.63) is 28.7 Å². The van der Waals surface area contributed by atoms with Gasteiger partial charge < -0.3 is 0 Å². The molecule has 0 amide bonds. The van der Waals surface area contributed by atoms with Crippen molar-refractivity contribution < 1.29 is 0 Å². The minimum Gasteiger partial charge on any atom is -0.197 e. The quantitative estimate of drug-likeness (QED) is 0.767. The lowest BCUT2D eigenvalue weighted by Crippen LogP contribution is -1.95. The Kier molecular flexibility index (Phi) is 4.34. The Morgan fingerprint density at radius 3 is 2.77 bits per heavy atom. The van der Waals surface area contributed by atoms with Crippen molar-refractivity contribution in [2.45, 2.75) is 23.5 Å². The van der Waals surface area contributed by atoms with E-state index in [1.807, 2.05) is 31.2 Å². The van der Waals surface area contributed by atoms with E-state index < -0.39 is 0 Å². The molecule has 0 N–H and O–H groups in total. The second-order valence-corrected chi connectivity index (χ2v) is 4.67. The SMILES string of the molecule is CCC(C#N)Sc1ccccc1Br. The Bertz CT molecular complexity index is 319. The van der Waals surface area contributed by atoms with Gasteiger partial charge in [-0.15, -0.1) is 11.8 Å². The first kappa shape index (κ1) is 10.6. The van der Waals surface area contributed by atoms with Gasteiger partial charge in [-0.3, -0.25) is 0 Å². The molecule has 1 aromatic rings. The van der Waals surface area contributed by atoms with E-state index in [9.17, 15) is 0 Å². The molecule has 0 fully saturated rings. The molecule has 1 atom stereocenters. The Labute approximate surface area is 91.3 Å². The second kappa shape index (κ2) is 5.31. The smallest absolute Gasteiger partial charge is 0.0961 e. The number of thioether (sulfide) groups is 1. The lowest BCUT2D eigenvalue weighted by Gasteiger charge is -2.06. The summed E-state index contributed by atoms with van der Waals surface area (Å²) in [6, 6.07) is 10.2. The van der Waals surface area contributed by atoms with Crippen molar-refractivity contribution in [3.63, 3.8) is 0 Å². The summed E-state index contributed by atoms with van der Waals surface area (Å²) in [6.45, 7) is 2.03. The Hall–Kier alpha value is -0.460. The summed E-state index contributed by atoms with van der Waals surface area (Å²) >= 11 is 5.06. The molecule has 0 bridgehead atoms. The Morgan fingerprint density at radius 1 is 1.54 bits per heavy atom. The van der Waals surface area contributed by atoms with Gasteiger partial charge in [0.25, 0.3) is 0 Å². The highest BCUT2D eigenvalue weighted by Crippen LogP contribution is 2.31. The molecule has 0 saturated heterocycles. The van der Waals surface area contributed by atoms with E-state index in [4.69, 9.17) is 5.26 Å². The highest BCUT2D eigenvalue weighted by Gasteiger charge is 2.07. The molecule has 0 spiro atoms. The number of halogens is 1. The van der Waals surface area contributed by atoms with Gasteiger partial charge in [-0.2, -0.15) is 5.26 Å². The lowest BCUT2D eigenvalue weighted by atomic mass is 10.4. The minimum atomic E-state index is 0.0544. The fraction of sp³-hybridized carbons (Fsp3) is 0.300. The van der Waals surface area contributed by atoms with Crippen LogP contribution in [0.15, 0.2) is 33.6 Å². The molecule has 1 rings (SSSR count). The van der Waals surface area contributed by atoms with E-state index in [0.29, 0.717) is 0 Å². The summed E-state index contributed by atoms with van der Waals surface area (Å²) in [4.78, 5) is 1.14. The van der Waals surface area contributed by atoms with Crippen LogP contribution in [0.4, 0.5) is 0 Å². The van der Waals surface area contributed by atoms with Gasteiger partial charge >= 0.3 is 0 Å². The molecule has 0 aliphatic heterocycles. The number of nitrogens with zero attached hydrogens (tertiary/aromatic N) is 1. The average Bonchev–Trinajstić information content (AvgIpc) is 2.17. The molecular weight excluding hydrogens is 246 g/mol. The van der Waals surface area contributed by atoms with Crippen molar-refractivity contribution in [3.8, 4) is 6.07 Å². The molecule has 13 heavy (non-hydrogen) atoms. The van der Waals surface area contributed by atoms with Crippen LogP contribution in [0.2, 0.25) is 0 Å². The van der Waals surface area contributed by atoms with Crippen LogP contribution in [0.5, 0.6) is 0 Å². The predicted molar refractivity (Wildman–Crippen MR) is 59.7 cm³/mol. The molecule has 3 heteroatoms. The van der Waals surface area contributed by atoms with E-state index in [1.54, 1.807) is 11.8 Å². The molecule has 1 aromatic carbocycles. The molecule has 0 aliphatic carbocycles. The zero-order valence-corrected chi connectivity index (χ0v) is 9.73. The monoisotopic (exact) mass is 255 g/mol. The van der Waals surface area contributed by atoms with Gasteiger partial charge in [0.1, 0.15) is 0 Å². The molecule has 1 nitrogen and oxygen atoms in total. The van der Waals surface area contributed by atoms with Crippen LogP contribution in [0.1, 0.15) is 13.3 Å². The number of rotatable bonds is 3. The molecular formula is C10H10BrNS. The van der Waals surface area contributed by atoms with Gasteiger partial charge in [0.15, 0.2) is 0 Å². The Balaban J connectivity index is 2.74. The molecule has 0 saturated carbocycles. The van der Waals surface area contributed by atoms with Crippen molar-refractivity contribution in [2.75, 3.05) is 0 Å². The van der Waals surface area contributed by atoms with Gasteiger partial charge in [0.05, 0.1) is 11.3 Å². The maximum absolute atomic E-state index is 8.79. The first-order valence-corrected chi connectivity index (χ1v) is 5.76. The number of nitriles is 1. The van der Waals surface area contributed by atoms with Gasteiger partial charge in [-0.25, -0.2) is 0 Å². The molecule has 0 aromatic heterocycles. The van der Waals surface area contributed by atoms with E-state index in [1.165, 1.54) is 0 Å². The largest absolute Gasteiger partial charge is 0.197 e. The van der Waals surface area contributed by atoms with E-state index >= 15 is 0 Å². The normalized spacial score (nSPS) is 12.1. The first-order valence-electron chi connectivity index (χ1n) is 4.08. The lowest BCUT2D eigenvalue weighted by molar-refractivity contribution is 0.984. The second-order valence-electron chi connectivity index (χ2n) is 2.57. The zero-order chi connectivity index (χ0) is 9.68. The predicted octanol–water partition coefficient (Wildman–Crippen LogP) is 3.84. The summed E-state index contributed by atoms with van der Waals surface area (Å²) in [5, 5.41) is 8.85. The van der Waals surface area contributed by atoms with Crippen molar-refractivity contribution in [2.24, 2.45) is 0 Å². The fourth-order valence-corrected chi connectivity index (χ4v) is 2.32. The van der Waals surface area contributed by atoms with Gasteiger partial charge in [-0.1, -0.05) is 19.1 Å². The van der Waals surface area contributed by atoms with E-state index in [-0.39, 0.29) is 5.25 Å². The first-order chi connectivity index (χ1) is 6.27. The summed E-state index contributed by atoms with van der Waals surface area (Å²) < 4.78 is 1.06. The van der Waals surface area contributed by atoms with Gasteiger partial charge in [-0.05, 0) is 34.5 Å². The van der Waals surface area contributed by atoms with E-state index in [0.717, 1.165) is 15.8 Å². The summed E-state index contributed by atoms with van der Waals surface area (Å²) in [5.74, 6) is 0. The number of hydrogen-bond acceptors (Lipinski definition) is 2. The standard InChI is InChI=1S/C10H10BrNS/c1-2-8(7-12)13-10-6-4-3-5-9(10)11/h3-6,8H,2H2,1H3. The van der Waals surface area contributed by atoms with Crippen LogP contribution in [0.3, 0.4) is 0 Å². The third-order valence-electron chi connectivity index (χ3n) is 1.62. The number of hydrogen-bond donors (Lipinski definition) is 0. The molecule has 68 valence electrons. The van der Waals surface area contributed by atoms with Crippen LogP contribution in [0.25, 0.3) is 0 Å². The van der Waals surface area contributed by atoms with Crippen molar-refractivity contribution in [1.29, 1.82) is 5.26 Å². The highest BCUT2D eigenvalue weighted by molar-refractivity contribution is 9.10. The Morgan fingerprint density at radius 2 is 2.23 bits per heavy atom. The zero-order valence-electron chi connectivity index (χ0n) is 7.33. The highest BCUT2D eigenvalue weighted by atomic mass is 79.9. The van der Waals surface area contributed by atoms with Crippen LogP contribution in [-0.4, -0.2) is 5.25 Å². The maximum Gasteiger partial charge on any atom is 0.0961 e.